The minimum absolute atomic E-state index is 0.432. The molecule has 27 heavy (non-hydrogen) atoms. The van der Waals surface area contributed by atoms with Crippen LogP contribution in [-0.4, -0.2) is 6.04 Å². The number of unbranched alkanes of at least 4 members (excludes halogenated alkanes) is 16. The summed E-state index contributed by atoms with van der Waals surface area (Å²) < 4.78 is 0. The molecular weight excluding hydrogens is 326 g/mol. The van der Waals surface area contributed by atoms with Crippen LogP contribution in [0.2, 0.25) is 0 Å². The molecule has 0 aliphatic heterocycles. The molecule has 0 saturated heterocycles. The molecule has 0 rings (SSSR count). The second-order valence-electron chi connectivity index (χ2n) is 9.88. The van der Waals surface area contributed by atoms with Crippen molar-refractivity contribution in [1.29, 1.82) is 0 Å². The van der Waals surface area contributed by atoms with Crippen LogP contribution in [0.1, 0.15) is 156 Å². The van der Waals surface area contributed by atoms with Gasteiger partial charge in [-0.05, 0) is 19.3 Å². The third kappa shape index (κ3) is 17.8. The lowest BCUT2D eigenvalue weighted by atomic mass is 9.78. The van der Waals surface area contributed by atoms with E-state index in [1.165, 1.54) is 128 Å². The fourth-order valence-electron chi connectivity index (χ4n) is 4.19. The summed E-state index contributed by atoms with van der Waals surface area (Å²) in [7, 11) is 0. The van der Waals surface area contributed by atoms with Crippen molar-refractivity contribution < 1.29 is 5.73 Å². The zero-order valence-corrected chi connectivity index (χ0v) is 19.9. The molecule has 0 aromatic rings. The first-order valence-corrected chi connectivity index (χ1v) is 12.9. The van der Waals surface area contributed by atoms with E-state index in [1.807, 2.05) is 0 Å². The molecule has 0 bridgehead atoms. The lowest BCUT2D eigenvalue weighted by Gasteiger charge is -2.29. The molecule has 0 radical (unpaired) electrons. The van der Waals surface area contributed by atoms with Crippen molar-refractivity contribution in [3.8, 4) is 0 Å². The quantitative estimate of drug-likeness (QED) is 0.193. The van der Waals surface area contributed by atoms with Gasteiger partial charge in [0.25, 0.3) is 0 Å². The maximum absolute atomic E-state index is 4.53. The van der Waals surface area contributed by atoms with Crippen molar-refractivity contribution in [1.82, 2.24) is 0 Å². The van der Waals surface area contributed by atoms with Crippen LogP contribution in [0, 0.1) is 5.41 Å². The predicted molar refractivity (Wildman–Crippen MR) is 124 cm³/mol. The molecule has 0 amide bonds. The highest BCUT2D eigenvalue weighted by molar-refractivity contribution is 4.76. The van der Waals surface area contributed by atoms with Gasteiger partial charge in [0.05, 0.1) is 6.04 Å². The van der Waals surface area contributed by atoms with Crippen LogP contribution in [0.25, 0.3) is 0 Å². The summed E-state index contributed by atoms with van der Waals surface area (Å²) in [4.78, 5) is 0. The smallest absolute Gasteiger partial charge is 0.0895 e. The molecule has 3 N–H and O–H groups in total. The zero-order valence-electron chi connectivity index (χ0n) is 19.9. The van der Waals surface area contributed by atoms with E-state index in [2.05, 4.69) is 33.4 Å². The molecule has 0 aliphatic carbocycles. The average Bonchev–Trinajstić information content (AvgIpc) is 2.65. The van der Waals surface area contributed by atoms with E-state index in [4.69, 9.17) is 0 Å². The number of hydrogen-bond acceptors (Lipinski definition) is 0. The molecule has 1 atom stereocenters. The summed E-state index contributed by atoms with van der Waals surface area (Å²) in [5.41, 5.74) is 4.96. The maximum Gasteiger partial charge on any atom is 0.0895 e. The van der Waals surface area contributed by atoms with E-state index in [9.17, 15) is 0 Å². The molecule has 0 aromatic heterocycles. The van der Waals surface area contributed by atoms with E-state index in [0.717, 1.165) is 0 Å². The van der Waals surface area contributed by atoms with Crippen LogP contribution in [-0.2, 0) is 0 Å². The highest BCUT2D eigenvalue weighted by Crippen LogP contribution is 2.29. The zero-order chi connectivity index (χ0) is 20.2. The Labute approximate surface area is 173 Å². The highest BCUT2D eigenvalue weighted by Gasteiger charge is 2.28. The van der Waals surface area contributed by atoms with Crippen molar-refractivity contribution in [2.75, 3.05) is 0 Å². The van der Waals surface area contributed by atoms with Gasteiger partial charge >= 0.3 is 0 Å². The van der Waals surface area contributed by atoms with Gasteiger partial charge in [-0.2, -0.15) is 0 Å². The average molecular weight is 383 g/mol. The van der Waals surface area contributed by atoms with Crippen LogP contribution in [0.4, 0.5) is 0 Å². The fourth-order valence-corrected chi connectivity index (χ4v) is 4.19. The number of quaternary nitrogens is 1. The molecular formula is C26H56N+. The standard InChI is InChI=1S/C26H55N/c1-5-7-9-11-13-14-15-16-17-19-21-23-25(27)26(3,4)24-22-20-18-12-10-8-6-2/h25H,5-24,27H2,1-4H3/p+1. The molecule has 0 spiro atoms. The number of rotatable bonds is 21. The summed E-state index contributed by atoms with van der Waals surface area (Å²) in [6.45, 7) is 9.51. The first-order valence-electron chi connectivity index (χ1n) is 12.9. The Morgan fingerprint density at radius 3 is 1.26 bits per heavy atom. The normalized spacial score (nSPS) is 13.2. The Hall–Kier alpha value is -0.0400. The van der Waals surface area contributed by atoms with Crippen LogP contribution >= 0.6 is 0 Å². The van der Waals surface area contributed by atoms with Crippen LogP contribution < -0.4 is 5.73 Å². The van der Waals surface area contributed by atoms with Gasteiger partial charge in [0.2, 0.25) is 0 Å². The monoisotopic (exact) mass is 382 g/mol. The lowest BCUT2D eigenvalue weighted by Crippen LogP contribution is -2.67. The largest absolute Gasteiger partial charge is 0.355 e. The Morgan fingerprint density at radius 2 is 0.852 bits per heavy atom. The second-order valence-corrected chi connectivity index (χ2v) is 9.88. The van der Waals surface area contributed by atoms with Gasteiger partial charge in [0, 0.05) is 5.41 Å². The number of hydrogen-bond donors (Lipinski definition) is 1. The van der Waals surface area contributed by atoms with Crippen molar-refractivity contribution in [2.24, 2.45) is 5.41 Å². The minimum atomic E-state index is 0.432. The third-order valence-corrected chi connectivity index (χ3v) is 6.69. The van der Waals surface area contributed by atoms with Crippen LogP contribution in [0.15, 0.2) is 0 Å². The maximum atomic E-state index is 4.53. The highest BCUT2D eigenvalue weighted by atomic mass is 14.7. The van der Waals surface area contributed by atoms with Crippen LogP contribution in [0.3, 0.4) is 0 Å². The topological polar surface area (TPSA) is 27.6 Å². The minimum Gasteiger partial charge on any atom is -0.355 e. The summed E-state index contributed by atoms with van der Waals surface area (Å²) in [5, 5.41) is 0. The molecule has 0 saturated carbocycles. The van der Waals surface area contributed by atoms with Gasteiger partial charge in [-0.25, -0.2) is 0 Å². The molecule has 0 aromatic carbocycles. The SMILES string of the molecule is CCCCCCCCCCCCCC([NH3+])C(C)(C)CCCCCCCCC. The molecule has 164 valence electrons. The Morgan fingerprint density at radius 1 is 0.519 bits per heavy atom. The molecule has 1 heteroatoms. The molecule has 1 unspecified atom stereocenters. The fraction of sp³-hybridized carbons (Fsp3) is 1.00. The van der Waals surface area contributed by atoms with Gasteiger partial charge < -0.3 is 5.73 Å². The summed E-state index contributed by atoms with van der Waals surface area (Å²) in [6, 6.07) is 0.635. The van der Waals surface area contributed by atoms with Crippen molar-refractivity contribution in [2.45, 2.75) is 162 Å². The first kappa shape index (κ1) is 27.0. The molecule has 0 heterocycles. The Kier molecular flexibility index (Phi) is 19.3. The van der Waals surface area contributed by atoms with E-state index in [-0.39, 0.29) is 0 Å². The van der Waals surface area contributed by atoms with Gasteiger partial charge in [-0.15, -0.1) is 0 Å². The van der Waals surface area contributed by atoms with Crippen molar-refractivity contribution >= 4 is 0 Å². The predicted octanol–water partition coefficient (Wildman–Crippen LogP) is 8.46. The van der Waals surface area contributed by atoms with E-state index >= 15 is 0 Å². The summed E-state index contributed by atoms with van der Waals surface area (Å²) in [5.74, 6) is 0. The third-order valence-electron chi connectivity index (χ3n) is 6.69. The summed E-state index contributed by atoms with van der Waals surface area (Å²) >= 11 is 0. The van der Waals surface area contributed by atoms with Gasteiger partial charge in [-0.1, -0.05) is 137 Å². The lowest BCUT2D eigenvalue weighted by molar-refractivity contribution is -0.447. The van der Waals surface area contributed by atoms with Crippen molar-refractivity contribution in [3.05, 3.63) is 0 Å². The summed E-state index contributed by atoms with van der Waals surface area (Å²) in [6.07, 6.45) is 28.5. The van der Waals surface area contributed by atoms with E-state index in [1.54, 1.807) is 0 Å². The molecule has 1 nitrogen and oxygen atoms in total. The van der Waals surface area contributed by atoms with E-state index < -0.39 is 0 Å². The second kappa shape index (κ2) is 19.3. The Bertz CT molecular complexity index is 284. The molecule has 0 aliphatic rings. The Balaban J connectivity index is 3.49. The van der Waals surface area contributed by atoms with Gasteiger partial charge in [-0.3, -0.25) is 0 Å². The van der Waals surface area contributed by atoms with Crippen molar-refractivity contribution in [3.63, 3.8) is 0 Å². The first-order chi connectivity index (χ1) is 13.0. The van der Waals surface area contributed by atoms with Gasteiger partial charge in [0.15, 0.2) is 0 Å². The molecule has 0 fully saturated rings. The van der Waals surface area contributed by atoms with Gasteiger partial charge in [0.1, 0.15) is 0 Å². The van der Waals surface area contributed by atoms with E-state index in [0.29, 0.717) is 11.5 Å². The van der Waals surface area contributed by atoms with Crippen LogP contribution in [0.5, 0.6) is 0 Å².